The Hall–Kier alpha value is -1.62. The number of rotatable bonds is 4. The summed E-state index contributed by atoms with van der Waals surface area (Å²) in [5, 5.41) is 0. The molecule has 1 aliphatic heterocycles. The van der Waals surface area contributed by atoms with E-state index >= 15 is 0 Å². The van der Waals surface area contributed by atoms with Crippen molar-refractivity contribution < 1.29 is 14.3 Å². The third-order valence-electron chi connectivity index (χ3n) is 3.66. The van der Waals surface area contributed by atoms with E-state index in [1.54, 1.807) is 10.8 Å². The lowest BCUT2D eigenvalue weighted by molar-refractivity contribution is -0.135. The number of nitrogens with zero attached hydrogens (tertiary/aromatic N) is 2. The molecule has 0 bridgehead atoms. The minimum absolute atomic E-state index is 0.0873. The minimum atomic E-state index is 0.0873. The van der Waals surface area contributed by atoms with Crippen LogP contribution in [0.15, 0.2) is 18.5 Å². The van der Waals surface area contributed by atoms with Crippen LogP contribution in [0.2, 0.25) is 0 Å². The number of hydrogen-bond donors (Lipinski definition) is 0. The SMILES string of the molecule is O=C(c1ccn(CC(=O)N2CCOCC2)c1)C1CC1. The Labute approximate surface area is 112 Å². The van der Waals surface area contributed by atoms with Crippen LogP contribution in [0.4, 0.5) is 0 Å². The number of hydrogen-bond acceptors (Lipinski definition) is 3. The Morgan fingerprint density at radius 2 is 2.00 bits per heavy atom. The number of carbonyl (C=O) groups is 2. The van der Waals surface area contributed by atoms with E-state index in [1.807, 2.05) is 17.2 Å². The molecule has 0 unspecified atom stereocenters. The van der Waals surface area contributed by atoms with Gasteiger partial charge in [0.1, 0.15) is 6.54 Å². The van der Waals surface area contributed by atoms with Crippen LogP contribution < -0.4 is 0 Å². The quantitative estimate of drug-likeness (QED) is 0.759. The van der Waals surface area contributed by atoms with Crippen molar-refractivity contribution in [3.63, 3.8) is 0 Å². The van der Waals surface area contributed by atoms with E-state index in [-0.39, 0.29) is 17.6 Å². The van der Waals surface area contributed by atoms with Gasteiger partial charge in [0.05, 0.1) is 13.2 Å². The van der Waals surface area contributed by atoms with Gasteiger partial charge in [0, 0.05) is 37.0 Å². The molecule has 1 aromatic heterocycles. The Morgan fingerprint density at radius 3 is 2.68 bits per heavy atom. The van der Waals surface area contributed by atoms with Gasteiger partial charge in [0.25, 0.3) is 0 Å². The summed E-state index contributed by atoms with van der Waals surface area (Å²) in [6.07, 6.45) is 5.63. The average molecular weight is 262 g/mol. The van der Waals surface area contributed by atoms with E-state index < -0.39 is 0 Å². The molecule has 2 heterocycles. The average Bonchev–Trinajstić information content (AvgIpc) is 3.19. The number of ketones is 1. The van der Waals surface area contributed by atoms with E-state index in [2.05, 4.69) is 0 Å². The second-order valence-corrected chi connectivity index (χ2v) is 5.20. The molecule has 1 amide bonds. The molecule has 19 heavy (non-hydrogen) atoms. The number of amides is 1. The third-order valence-corrected chi connectivity index (χ3v) is 3.66. The fraction of sp³-hybridized carbons (Fsp3) is 0.571. The number of morpholine rings is 1. The Balaban J connectivity index is 1.59. The van der Waals surface area contributed by atoms with Crippen LogP contribution in [0, 0.1) is 5.92 Å². The van der Waals surface area contributed by atoms with E-state index in [4.69, 9.17) is 4.74 Å². The second-order valence-electron chi connectivity index (χ2n) is 5.20. The first-order valence-corrected chi connectivity index (χ1v) is 6.79. The van der Waals surface area contributed by atoms with Crippen LogP contribution >= 0.6 is 0 Å². The van der Waals surface area contributed by atoms with Crippen LogP contribution in [0.5, 0.6) is 0 Å². The number of carbonyl (C=O) groups excluding carboxylic acids is 2. The molecule has 0 spiro atoms. The summed E-state index contributed by atoms with van der Waals surface area (Å²) in [5.74, 6) is 0.535. The van der Waals surface area contributed by atoms with Crippen LogP contribution in [0.3, 0.4) is 0 Å². The van der Waals surface area contributed by atoms with Crippen LogP contribution in [-0.4, -0.2) is 47.5 Å². The zero-order chi connectivity index (χ0) is 13.2. The van der Waals surface area contributed by atoms with Gasteiger partial charge in [-0.2, -0.15) is 0 Å². The largest absolute Gasteiger partial charge is 0.378 e. The lowest BCUT2D eigenvalue weighted by Gasteiger charge is -2.26. The smallest absolute Gasteiger partial charge is 0.242 e. The van der Waals surface area contributed by atoms with Crippen molar-refractivity contribution in [2.24, 2.45) is 5.92 Å². The van der Waals surface area contributed by atoms with Gasteiger partial charge in [0.15, 0.2) is 5.78 Å². The molecule has 1 saturated heterocycles. The lowest BCUT2D eigenvalue weighted by atomic mass is 10.1. The maximum absolute atomic E-state index is 12.1. The van der Waals surface area contributed by atoms with Gasteiger partial charge in [-0.05, 0) is 18.9 Å². The van der Waals surface area contributed by atoms with Gasteiger partial charge in [-0.3, -0.25) is 9.59 Å². The molecule has 0 radical (unpaired) electrons. The predicted octanol–water partition coefficient (Wildman–Crippen LogP) is 0.940. The standard InChI is InChI=1S/C14H18N2O3/c17-13(16-5-7-19-8-6-16)10-15-4-3-12(9-15)14(18)11-1-2-11/h3-4,9,11H,1-2,5-8,10H2. The van der Waals surface area contributed by atoms with Gasteiger partial charge in [-0.15, -0.1) is 0 Å². The number of ether oxygens (including phenoxy) is 1. The van der Waals surface area contributed by atoms with Gasteiger partial charge in [-0.25, -0.2) is 0 Å². The summed E-state index contributed by atoms with van der Waals surface area (Å²) in [6, 6.07) is 1.81. The molecular formula is C14H18N2O3. The van der Waals surface area contributed by atoms with Gasteiger partial charge in [-0.1, -0.05) is 0 Å². The second kappa shape index (κ2) is 5.17. The summed E-state index contributed by atoms with van der Waals surface area (Å²) < 4.78 is 7.02. The molecule has 0 aromatic carbocycles. The molecule has 0 atom stereocenters. The summed E-state index contributed by atoms with van der Waals surface area (Å²) in [7, 11) is 0. The van der Waals surface area contributed by atoms with Crippen molar-refractivity contribution in [1.82, 2.24) is 9.47 Å². The fourth-order valence-corrected chi connectivity index (χ4v) is 2.34. The van der Waals surface area contributed by atoms with Gasteiger partial charge < -0.3 is 14.2 Å². The Bertz CT molecular complexity index is 485. The molecule has 3 rings (SSSR count). The van der Waals surface area contributed by atoms with Crippen LogP contribution in [0.1, 0.15) is 23.2 Å². The minimum Gasteiger partial charge on any atom is -0.378 e. The molecule has 102 valence electrons. The first-order valence-electron chi connectivity index (χ1n) is 6.79. The van der Waals surface area contributed by atoms with Crippen molar-refractivity contribution in [3.8, 4) is 0 Å². The first-order chi connectivity index (χ1) is 9.24. The van der Waals surface area contributed by atoms with E-state index in [0.29, 0.717) is 32.8 Å². The topological polar surface area (TPSA) is 51.5 Å². The zero-order valence-electron chi connectivity index (χ0n) is 10.9. The molecule has 2 aliphatic rings. The highest BCUT2D eigenvalue weighted by Gasteiger charge is 2.30. The monoisotopic (exact) mass is 262 g/mol. The highest BCUT2D eigenvalue weighted by molar-refractivity contribution is 5.99. The molecule has 5 nitrogen and oxygen atoms in total. The molecule has 5 heteroatoms. The van der Waals surface area contributed by atoms with E-state index in [1.165, 1.54) is 0 Å². The van der Waals surface area contributed by atoms with Crippen molar-refractivity contribution in [3.05, 3.63) is 24.0 Å². The fourth-order valence-electron chi connectivity index (χ4n) is 2.34. The van der Waals surface area contributed by atoms with Crippen LogP contribution in [-0.2, 0) is 16.1 Å². The summed E-state index contributed by atoms with van der Waals surface area (Å²) in [5.41, 5.74) is 0.734. The van der Waals surface area contributed by atoms with Gasteiger partial charge >= 0.3 is 0 Å². The van der Waals surface area contributed by atoms with E-state index in [0.717, 1.165) is 18.4 Å². The summed E-state index contributed by atoms with van der Waals surface area (Å²) in [4.78, 5) is 25.8. The van der Waals surface area contributed by atoms with Gasteiger partial charge in [0.2, 0.25) is 5.91 Å². The number of Topliss-reactive ketones (excluding diaryl/α,β-unsaturated/α-hetero) is 1. The van der Waals surface area contributed by atoms with Crippen LogP contribution in [0.25, 0.3) is 0 Å². The number of aromatic nitrogens is 1. The summed E-state index contributed by atoms with van der Waals surface area (Å²) >= 11 is 0. The van der Waals surface area contributed by atoms with E-state index in [9.17, 15) is 9.59 Å². The third kappa shape index (κ3) is 2.87. The molecule has 1 saturated carbocycles. The highest BCUT2D eigenvalue weighted by Crippen LogP contribution is 2.32. The Morgan fingerprint density at radius 1 is 1.26 bits per heavy atom. The predicted molar refractivity (Wildman–Crippen MR) is 68.9 cm³/mol. The zero-order valence-corrected chi connectivity index (χ0v) is 10.9. The molecular weight excluding hydrogens is 244 g/mol. The Kier molecular flexibility index (Phi) is 3.38. The molecule has 1 aliphatic carbocycles. The lowest BCUT2D eigenvalue weighted by Crippen LogP contribution is -2.42. The van der Waals surface area contributed by atoms with Crippen molar-refractivity contribution in [2.75, 3.05) is 26.3 Å². The normalized spacial score (nSPS) is 19.5. The maximum atomic E-state index is 12.1. The van der Waals surface area contributed by atoms with Crippen molar-refractivity contribution in [2.45, 2.75) is 19.4 Å². The molecule has 1 aromatic rings. The first kappa shape index (κ1) is 12.4. The van der Waals surface area contributed by atoms with Crippen molar-refractivity contribution in [1.29, 1.82) is 0 Å². The molecule has 2 fully saturated rings. The van der Waals surface area contributed by atoms with Crippen molar-refractivity contribution >= 4 is 11.7 Å². The summed E-state index contributed by atoms with van der Waals surface area (Å²) in [6.45, 7) is 2.85. The maximum Gasteiger partial charge on any atom is 0.242 e. The molecule has 0 N–H and O–H groups in total. The highest BCUT2D eigenvalue weighted by atomic mass is 16.5.